The molecular weight excluding hydrogens is 268 g/mol. The Morgan fingerprint density at radius 2 is 2.19 bits per heavy atom. The van der Waals surface area contributed by atoms with Crippen LogP contribution < -0.4 is 20.1 Å². The number of nitrogens with one attached hydrogen (secondary N) is 2. The molecule has 1 aromatic rings. The summed E-state index contributed by atoms with van der Waals surface area (Å²) in [5.74, 6) is 1.39. The zero-order valence-electron chi connectivity index (χ0n) is 13.0. The molecule has 1 heterocycles. The maximum absolute atomic E-state index is 12.6. The molecule has 1 aliphatic heterocycles. The van der Waals surface area contributed by atoms with Gasteiger partial charge in [0, 0.05) is 18.3 Å². The summed E-state index contributed by atoms with van der Waals surface area (Å²) >= 11 is 0. The van der Waals surface area contributed by atoms with Crippen molar-refractivity contribution in [2.75, 3.05) is 32.1 Å². The van der Waals surface area contributed by atoms with E-state index < -0.39 is 0 Å². The van der Waals surface area contributed by atoms with Crippen molar-refractivity contribution in [2.24, 2.45) is 5.41 Å². The van der Waals surface area contributed by atoms with Gasteiger partial charge in [-0.25, -0.2) is 0 Å². The molecule has 1 saturated heterocycles. The van der Waals surface area contributed by atoms with Crippen LogP contribution in [0.15, 0.2) is 18.2 Å². The van der Waals surface area contributed by atoms with E-state index in [-0.39, 0.29) is 11.3 Å². The molecule has 1 amide bonds. The van der Waals surface area contributed by atoms with E-state index >= 15 is 0 Å². The molecule has 1 atom stereocenters. The summed E-state index contributed by atoms with van der Waals surface area (Å²) in [4.78, 5) is 12.6. The van der Waals surface area contributed by atoms with Crippen molar-refractivity contribution in [1.29, 1.82) is 0 Å². The van der Waals surface area contributed by atoms with Crippen molar-refractivity contribution in [1.82, 2.24) is 5.32 Å². The Morgan fingerprint density at radius 3 is 2.76 bits per heavy atom. The third-order valence-corrected chi connectivity index (χ3v) is 4.12. The minimum absolute atomic E-state index is 0.0719. The summed E-state index contributed by atoms with van der Waals surface area (Å²) in [6.45, 7) is 6.17. The van der Waals surface area contributed by atoms with E-state index in [2.05, 4.69) is 17.6 Å². The van der Waals surface area contributed by atoms with E-state index in [9.17, 15) is 4.79 Å². The lowest BCUT2D eigenvalue weighted by molar-refractivity contribution is -0.124. The minimum atomic E-state index is -0.300. The van der Waals surface area contributed by atoms with Crippen LogP contribution in [-0.2, 0) is 4.79 Å². The number of carbonyl (C=O) groups excluding carboxylic acids is 1. The Labute approximate surface area is 126 Å². The number of anilines is 1. The van der Waals surface area contributed by atoms with Gasteiger partial charge >= 0.3 is 0 Å². The second-order valence-corrected chi connectivity index (χ2v) is 5.31. The Balaban J connectivity index is 2.15. The van der Waals surface area contributed by atoms with Crippen molar-refractivity contribution in [3.8, 4) is 11.5 Å². The van der Waals surface area contributed by atoms with Crippen LogP contribution in [0.4, 0.5) is 5.69 Å². The van der Waals surface area contributed by atoms with E-state index in [1.54, 1.807) is 7.11 Å². The number of amides is 1. The van der Waals surface area contributed by atoms with Crippen LogP contribution in [0.2, 0.25) is 0 Å². The lowest BCUT2D eigenvalue weighted by atomic mass is 9.83. The standard InChI is InChI=1S/C16H24N2O3/c1-4-16(8-9-17-11-16)15(19)18-12-6-7-13(20-3)14(10-12)21-5-2/h6-7,10,17H,4-5,8-9,11H2,1-3H3,(H,18,19). The molecule has 5 nitrogen and oxygen atoms in total. The molecule has 0 bridgehead atoms. The molecule has 2 rings (SSSR count). The first-order chi connectivity index (χ1) is 10.1. The number of ether oxygens (including phenoxy) is 2. The number of rotatable bonds is 6. The third kappa shape index (κ3) is 3.29. The lowest BCUT2D eigenvalue weighted by Gasteiger charge is -2.25. The highest BCUT2D eigenvalue weighted by molar-refractivity contribution is 5.96. The second kappa shape index (κ2) is 6.80. The van der Waals surface area contributed by atoms with E-state index in [0.29, 0.717) is 18.1 Å². The Hall–Kier alpha value is -1.75. The summed E-state index contributed by atoms with van der Waals surface area (Å²) in [6, 6.07) is 5.46. The molecule has 1 unspecified atom stereocenters. The highest BCUT2D eigenvalue weighted by atomic mass is 16.5. The zero-order chi connectivity index (χ0) is 15.3. The van der Waals surface area contributed by atoms with Crippen LogP contribution in [0.25, 0.3) is 0 Å². The molecule has 1 aliphatic rings. The van der Waals surface area contributed by atoms with Gasteiger partial charge < -0.3 is 20.1 Å². The quantitative estimate of drug-likeness (QED) is 0.845. The predicted molar refractivity (Wildman–Crippen MR) is 83.0 cm³/mol. The van der Waals surface area contributed by atoms with E-state index in [1.807, 2.05) is 25.1 Å². The second-order valence-electron chi connectivity index (χ2n) is 5.31. The van der Waals surface area contributed by atoms with Crippen molar-refractivity contribution < 1.29 is 14.3 Å². The summed E-state index contributed by atoms with van der Waals surface area (Å²) in [7, 11) is 1.60. The maximum atomic E-state index is 12.6. The highest BCUT2D eigenvalue weighted by Crippen LogP contribution is 2.33. The molecule has 0 spiro atoms. The molecule has 1 aromatic carbocycles. The molecule has 0 aromatic heterocycles. The Kier molecular flexibility index (Phi) is 5.07. The number of carbonyl (C=O) groups is 1. The monoisotopic (exact) mass is 292 g/mol. The summed E-state index contributed by atoms with van der Waals surface area (Å²) < 4.78 is 10.8. The smallest absolute Gasteiger partial charge is 0.231 e. The molecule has 1 fully saturated rings. The van der Waals surface area contributed by atoms with Crippen molar-refractivity contribution >= 4 is 11.6 Å². The van der Waals surface area contributed by atoms with Gasteiger partial charge in [0.05, 0.1) is 19.1 Å². The Bertz CT molecular complexity index is 496. The molecule has 5 heteroatoms. The van der Waals surface area contributed by atoms with E-state index in [4.69, 9.17) is 9.47 Å². The first-order valence-electron chi connectivity index (χ1n) is 7.48. The number of hydrogen-bond acceptors (Lipinski definition) is 4. The van der Waals surface area contributed by atoms with Crippen LogP contribution in [0, 0.1) is 5.41 Å². The van der Waals surface area contributed by atoms with Crippen LogP contribution in [0.3, 0.4) is 0 Å². The van der Waals surface area contributed by atoms with Gasteiger partial charge in [0.2, 0.25) is 5.91 Å². The topological polar surface area (TPSA) is 59.6 Å². The van der Waals surface area contributed by atoms with Gasteiger partial charge in [0.15, 0.2) is 11.5 Å². The molecule has 21 heavy (non-hydrogen) atoms. The highest BCUT2D eigenvalue weighted by Gasteiger charge is 2.39. The molecule has 0 aliphatic carbocycles. The average Bonchev–Trinajstić information content (AvgIpc) is 2.98. The van der Waals surface area contributed by atoms with E-state index in [0.717, 1.165) is 31.6 Å². The largest absolute Gasteiger partial charge is 0.493 e. The summed E-state index contributed by atoms with van der Waals surface area (Å²) in [5, 5.41) is 6.29. The summed E-state index contributed by atoms with van der Waals surface area (Å²) in [5.41, 5.74) is 0.440. The van der Waals surface area contributed by atoms with Crippen LogP contribution in [-0.4, -0.2) is 32.7 Å². The van der Waals surface area contributed by atoms with E-state index in [1.165, 1.54) is 0 Å². The lowest BCUT2D eigenvalue weighted by Crippen LogP contribution is -2.37. The summed E-state index contributed by atoms with van der Waals surface area (Å²) in [6.07, 6.45) is 1.71. The molecule has 116 valence electrons. The van der Waals surface area contributed by atoms with Gasteiger partial charge in [-0.2, -0.15) is 0 Å². The van der Waals surface area contributed by atoms with Gasteiger partial charge in [-0.1, -0.05) is 6.92 Å². The van der Waals surface area contributed by atoms with Gasteiger partial charge in [0.1, 0.15) is 0 Å². The first-order valence-corrected chi connectivity index (χ1v) is 7.48. The molecular formula is C16H24N2O3. The predicted octanol–water partition coefficient (Wildman–Crippen LogP) is 2.42. The van der Waals surface area contributed by atoms with Gasteiger partial charge in [-0.05, 0) is 38.4 Å². The van der Waals surface area contributed by atoms with Crippen molar-refractivity contribution in [3.05, 3.63) is 18.2 Å². The fraction of sp³-hybridized carbons (Fsp3) is 0.562. The van der Waals surface area contributed by atoms with Crippen molar-refractivity contribution in [3.63, 3.8) is 0 Å². The van der Waals surface area contributed by atoms with Crippen LogP contribution >= 0.6 is 0 Å². The fourth-order valence-electron chi connectivity index (χ4n) is 2.69. The maximum Gasteiger partial charge on any atom is 0.231 e. The number of hydrogen-bond donors (Lipinski definition) is 2. The number of methoxy groups -OCH3 is 1. The van der Waals surface area contributed by atoms with Gasteiger partial charge in [-0.3, -0.25) is 4.79 Å². The van der Waals surface area contributed by atoms with Gasteiger partial charge in [0.25, 0.3) is 0 Å². The normalized spacial score (nSPS) is 21.1. The molecule has 0 radical (unpaired) electrons. The van der Waals surface area contributed by atoms with Crippen molar-refractivity contribution in [2.45, 2.75) is 26.7 Å². The SMILES string of the molecule is CCOc1cc(NC(=O)C2(CC)CCNC2)ccc1OC. The average molecular weight is 292 g/mol. The number of benzene rings is 1. The van der Waals surface area contributed by atoms with Gasteiger partial charge in [-0.15, -0.1) is 0 Å². The van der Waals surface area contributed by atoms with Crippen LogP contribution in [0.1, 0.15) is 26.7 Å². The minimum Gasteiger partial charge on any atom is -0.493 e. The first kappa shape index (κ1) is 15.6. The third-order valence-electron chi connectivity index (χ3n) is 4.12. The Morgan fingerprint density at radius 1 is 1.38 bits per heavy atom. The van der Waals surface area contributed by atoms with Crippen LogP contribution in [0.5, 0.6) is 11.5 Å². The molecule has 0 saturated carbocycles. The fourth-order valence-corrected chi connectivity index (χ4v) is 2.69. The molecule has 2 N–H and O–H groups in total. The zero-order valence-corrected chi connectivity index (χ0v) is 13.0.